The molecular formula is C25H28F5N3O3S. The van der Waals surface area contributed by atoms with Crippen molar-refractivity contribution in [2.24, 2.45) is 0 Å². The summed E-state index contributed by atoms with van der Waals surface area (Å²) in [5.41, 5.74) is -2.11. The summed E-state index contributed by atoms with van der Waals surface area (Å²) in [5.74, 6) is -3.10. The van der Waals surface area contributed by atoms with E-state index in [1.54, 1.807) is 0 Å². The van der Waals surface area contributed by atoms with Crippen molar-refractivity contribution < 1.29 is 35.7 Å². The van der Waals surface area contributed by atoms with Crippen LogP contribution in [0, 0.1) is 25.6 Å². The van der Waals surface area contributed by atoms with Gasteiger partial charge in [0.2, 0.25) is 11.8 Å². The second-order valence-electron chi connectivity index (χ2n) is 6.85. The van der Waals surface area contributed by atoms with Gasteiger partial charge in [0.15, 0.2) is 5.75 Å². The normalized spacial score (nSPS) is 11.4. The molecule has 0 bridgehead atoms. The van der Waals surface area contributed by atoms with Gasteiger partial charge in [0.25, 0.3) is 5.91 Å². The van der Waals surface area contributed by atoms with Gasteiger partial charge in [0.1, 0.15) is 11.4 Å². The molecule has 2 heterocycles. The zero-order valence-electron chi connectivity index (χ0n) is 21.4. The Labute approximate surface area is 214 Å². The van der Waals surface area contributed by atoms with Crippen LogP contribution in [0.15, 0.2) is 41.4 Å². The van der Waals surface area contributed by atoms with E-state index < -0.39 is 57.2 Å². The Morgan fingerprint density at radius 3 is 2.19 bits per heavy atom. The van der Waals surface area contributed by atoms with E-state index in [2.05, 4.69) is 15.3 Å². The fourth-order valence-corrected chi connectivity index (χ4v) is 3.57. The number of amides is 1. The maximum Gasteiger partial charge on any atom is 0.418 e. The Balaban J connectivity index is 0.00000163. The number of aromatic nitrogens is 2. The van der Waals surface area contributed by atoms with E-state index in [4.69, 9.17) is 4.74 Å². The number of aryl methyl sites for hydroxylation is 1. The van der Waals surface area contributed by atoms with E-state index >= 15 is 0 Å². The number of halogens is 5. The number of carbonyl (C=O) groups excluding carboxylic acids is 1. The highest BCUT2D eigenvalue weighted by atomic mass is 32.2. The van der Waals surface area contributed by atoms with Crippen molar-refractivity contribution in [2.75, 3.05) is 11.6 Å². The van der Waals surface area contributed by atoms with Gasteiger partial charge < -0.3 is 10.1 Å². The Kier molecular flexibility index (Phi) is 11.8. The molecule has 202 valence electrons. The fraction of sp³-hybridized carbons (Fsp3) is 0.320. The van der Waals surface area contributed by atoms with Gasteiger partial charge in [-0.05, 0) is 49.7 Å². The second kappa shape index (κ2) is 13.8. The van der Waals surface area contributed by atoms with Crippen LogP contribution in [-0.4, -0.2) is 26.3 Å². The van der Waals surface area contributed by atoms with Crippen LogP contribution in [0.2, 0.25) is 0 Å². The summed E-state index contributed by atoms with van der Waals surface area (Å²) in [7, 11) is -1.72. The smallest absolute Gasteiger partial charge is 0.418 e. The van der Waals surface area contributed by atoms with Gasteiger partial charge in [-0.25, -0.2) is 14.4 Å². The van der Waals surface area contributed by atoms with Crippen LogP contribution in [0.25, 0.3) is 0 Å². The zero-order chi connectivity index (χ0) is 28.5. The summed E-state index contributed by atoms with van der Waals surface area (Å²) in [6.45, 7) is 10.5. The number of nitrogens with zero attached hydrogens (tertiary/aromatic N) is 2. The van der Waals surface area contributed by atoms with Crippen LogP contribution in [0.1, 0.15) is 54.9 Å². The number of carbonyl (C=O) groups is 1. The van der Waals surface area contributed by atoms with Crippen molar-refractivity contribution in [1.82, 2.24) is 9.97 Å². The van der Waals surface area contributed by atoms with Crippen molar-refractivity contribution in [3.63, 3.8) is 0 Å². The van der Waals surface area contributed by atoms with Crippen molar-refractivity contribution >= 4 is 22.4 Å². The molecule has 0 aliphatic heterocycles. The lowest BCUT2D eigenvalue weighted by Crippen LogP contribution is -2.19. The molecule has 0 aliphatic rings. The lowest BCUT2D eigenvalue weighted by molar-refractivity contribution is -0.138. The van der Waals surface area contributed by atoms with E-state index in [0.717, 1.165) is 31.2 Å². The summed E-state index contributed by atoms with van der Waals surface area (Å²) >= 11 is 0. The number of hydrogen-bond donors (Lipinski definition) is 1. The van der Waals surface area contributed by atoms with Gasteiger partial charge in [-0.2, -0.15) is 17.6 Å². The number of alkyl halides is 3. The molecule has 0 fully saturated rings. The molecule has 2 aromatic heterocycles. The molecule has 6 nitrogen and oxygen atoms in total. The first-order chi connectivity index (χ1) is 17.4. The topological polar surface area (TPSA) is 81.2 Å². The van der Waals surface area contributed by atoms with Gasteiger partial charge in [-0.3, -0.25) is 9.00 Å². The largest absolute Gasteiger partial charge is 0.436 e. The molecule has 0 saturated heterocycles. The molecule has 0 saturated carbocycles. The first-order valence-electron chi connectivity index (χ1n) is 11.2. The molecule has 3 aromatic rings. The van der Waals surface area contributed by atoms with E-state index in [1.165, 1.54) is 19.2 Å². The molecule has 0 spiro atoms. The predicted molar refractivity (Wildman–Crippen MR) is 132 cm³/mol. The minimum Gasteiger partial charge on any atom is -0.436 e. The monoisotopic (exact) mass is 545 g/mol. The van der Waals surface area contributed by atoms with Crippen molar-refractivity contribution in [3.8, 4) is 11.6 Å². The molecule has 37 heavy (non-hydrogen) atoms. The van der Waals surface area contributed by atoms with Crippen LogP contribution in [0.3, 0.4) is 0 Å². The van der Waals surface area contributed by atoms with Crippen LogP contribution in [0.4, 0.5) is 27.6 Å². The molecule has 1 atom stereocenters. The predicted octanol–water partition coefficient (Wildman–Crippen LogP) is 7.22. The molecule has 3 rings (SSSR count). The lowest BCUT2D eigenvalue weighted by Gasteiger charge is -2.17. The van der Waals surface area contributed by atoms with Crippen LogP contribution < -0.4 is 10.1 Å². The number of pyridine rings is 2. The molecule has 1 amide bonds. The molecule has 0 aliphatic carbocycles. The maximum atomic E-state index is 13.8. The van der Waals surface area contributed by atoms with Gasteiger partial charge in [0.05, 0.1) is 27.0 Å². The van der Waals surface area contributed by atoms with Crippen molar-refractivity contribution in [2.45, 2.75) is 52.6 Å². The van der Waals surface area contributed by atoms with Crippen LogP contribution >= 0.6 is 0 Å². The van der Waals surface area contributed by atoms with Gasteiger partial charge in [0, 0.05) is 18.1 Å². The summed E-state index contributed by atoms with van der Waals surface area (Å²) in [4.78, 5) is 20.0. The van der Waals surface area contributed by atoms with Gasteiger partial charge in [-0.1, -0.05) is 27.7 Å². The third-order valence-corrected chi connectivity index (χ3v) is 5.48. The van der Waals surface area contributed by atoms with E-state index in [0.29, 0.717) is 6.20 Å². The minimum atomic E-state index is -4.81. The third kappa shape index (κ3) is 8.04. The molecule has 1 aromatic carbocycles. The Morgan fingerprint density at radius 1 is 1.03 bits per heavy atom. The number of anilines is 1. The molecule has 0 radical (unpaired) electrons. The van der Waals surface area contributed by atoms with Crippen LogP contribution in [0.5, 0.6) is 11.6 Å². The first kappa shape index (κ1) is 31.6. The molecule has 12 heteroatoms. The fourth-order valence-electron chi connectivity index (χ4n) is 2.93. The summed E-state index contributed by atoms with van der Waals surface area (Å²) in [5, 5.41) is 2.35. The number of rotatable bonds is 5. The van der Waals surface area contributed by atoms with Crippen LogP contribution in [-0.2, 0) is 17.0 Å². The second-order valence-corrected chi connectivity index (χ2v) is 8.20. The number of nitrogens with one attached hydrogen (secondary N) is 1. The SMILES string of the molecule is CC.CC.Cc1nc(F)ccc1Oc1ncc(C(F)(F)F)c(C)c1C(=O)Nc1ccc(F)c(S(C)=O)c1. The van der Waals surface area contributed by atoms with Gasteiger partial charge >= 0.3 is 6.18 Å². The number of benzene rings is 1. The number of hydrogen-bond acceptors (Lipinski definition) is 5. The first-order valence-corrected chi connectivity index (χ1v) is 12.8. The summed E-state index contributed by atoms with van der Waals surface area (Å²) in [6.07, 6.45) is -3.06. The minimum absolute atomic E-state index is 0.00556. The van der Waals surface area contributed by atoms with E-state index in [1.807, 2.05) is 27.7 Å². The van der Waals surface area contributed by atoms with E-state index in [9.17, 15) is 31.0 Å². The number of ether oxygens (including phenoxy) is 1. The Morgan fingerprint density at radius 2 is 1.65 bits per heavy atom. The maximum absolute atomic E-state index is 13.8. The summed E-state index contributed by atoms with van der Waals surface area (Å²) < 4.78 is 84.6. The zero-order valence-corrected chi connectivity index (χ0v) is 22.2. The lowest BCUT2D eigenvalue weighted by atomic mass is 10.0. The standard InChI is InChI=1S/C21H16F5N3O3S.2C2H6/c1-10-13(21(24,25)26)9-27-20(32-15-6-7-17(23)28-11(15)2)18(10)19(30)29-12-4-5-14(22)16(8-12)33(3)31;2*1-2/h4-9H,1-3H3,(H,29,30);2*1-2H3. The third-order valence-electron chi connectivity index (χ3n) is 4.54. The highest BCUT2D eigenvalue weighted by molar-refractivity contribution is 7.84. The van der Waals surface area contributed by atoms with Crippen molar-refractivity contribution in [3.05, 3.63) is 70.7 Å². The quantitative estimate of drug-likeness (QED) is 0.270. The average Bonchev–Trinajstić information content (AvgIpc) is 2.83. The molecule has 1 N–H and O–H groups in total. The van der Waals surface area contributed by atoms with Gasteiger partial charge in [-0.15, -0.1) is 0 Å². The van der Waals surface area contributed by atoms with E-state index in [-0.39, 0.29) is 22.0 Å². The Bertz CT molecular complexity index is 1270. The highest BCUT2D eigenvalue weighted by Gasteiger charge is 2.36. The molecular weight excluding hydrogens is 517 g/mol. The Hall–Kier alpha value is -3.41. The molecule has 1 unspecified atom stereocenters. The average molecular weight is 546 g/mol. The summed E-state index contributed by atoms with van der Waals surface area (Å²) in [6, 6.07) is 5.40. The van der Waals surface area contributed by atoms with Crippen molar-refractivity contribution in [1.29, 1.82) is 0 Å². The highest BCUT2D eigenvalue weighted by Crippen LogP contribution is 2.37.